The van der Waals surface area contributed by atoms with Crippen LogP contribution in [0.25, 0.3) is 0 Å². The van der Waals surface area contributed by atoms with Gasteiger partial charge in [-0.25, -0.2) is 5.48 Å². The Labute approximate surface area is 93.9 Å². The van der Waals surface area contributed by atoms with Crippen molar-refractivity contribution in [2.45, 2.75) is 13.2 Å². The van der Waals surface area contributed by atoms with Crippen LogP contribution in [0.4, 0.5) is 0 Å². The molecule has 0 aromatic heterocycles. The second-order valence-corrected chi connectivity index (χ2v) is 3.50. The van der Waals surface area contributed by atoms with Gasteiger partial charge in [-0.05, 0) is 11.6 Å². The molecule has 0 saturated heterocycles. The first-order valence-corrected chi connectivity index (χ1v) is 5.13. The normalized spacial score (nSPS) is 13.9. The highest BCUT2D eigenvalue weighted by atomic mass is 16.6. The van der Waals surface area contributed by atoms with E-state index >= 15 is 0 Å². The van der Waals surface area contributed by atoms with Gasteiger partial charge in [0.25, 0.3) is 0 Å². The zero-order valence-corrected chi connectivity index (χ0v) is 9.16. The van der Waals surface area contributed by atoms with Gasteiger partial charge in [-0.3, -0.25) is 0 Å². The maximum atomic E-state index is 8.75. The highest BCUT2D eigenvalue weighted by Gasteiger charge is 2.18. The van der Waals surface area contributed by atoms with Crippen LogP contribution < -0.4 is 15.0 Å². The fraction of sp³-hybridized carbons (Fsp3) is 0.455. The lowest BCUT2D eigenvalue weighted by atomic mass is 10.1. The third kappa shape index (κ3) is 2.11. The van der Waals surface area contributed by atoms with Crippen molar-refractivity contribution in [1.29, 1.82) is 0 Å². The van der Waals surface area contributed by atoms with E-state index in [0.29, 0.717) is 26.4 Å². The summed E-state index contributed by atoms with van der Waals surface area (Å²) in [4.78, 5) is 0. The first kappa shape index (κ1) is 11.2. The van der Waals surface area contributed by atoms with Crippen LogP contribution in [-0.2, 0) is 17.9 Å². The summed E-state index contributed by atoms with van der Waals surface area (Å²) < 4.78 is 16.2. The van der Waals surface area contributed by atoms with Crippen molar-refractivity contribution in [2.24, 2.45) is 0 Å². The van der Waals surface area contributed by atoms with Gasteiger partial charge in [0.05, 0.1) is 6.61 Å². The minimum absolute atomic E-state index is 0.356. The van der Waals surface area contributed by atoms with Gasteiger partial charge in [-0.2, -0.15) is 0 Å². The summed E-state index contributed by atoms with van der Waals surface area (Å²) in [5.41, 5.74) is 3.99. The van der Waals surface area contributed by atoms with E-state index in [4.69, 9.17) is 19.4 Å². The standard InChI is InChI=1S/C11H15NO4/c1-14-7-9-8(6-12-13)2-3-10-11(9)16-5-4-15-10/h2-3,12-13H,4-7H2,1H3. The maximum Gasteiger partial charge on any atom is 0.167 e. The van der Waals surface area contributed by atoms with Gasteiger partial charge >= 0.3 is 0 Å². The molecule has 5 nitrogen and oxygen atoms in total. The van der Waals surface area contributed by atoms with Gasteiger partial charge in [0.15, 0.2) is 11.5 Å². The van der Waals surface area contributed by atoms with Crippen molar-refractivity contribution >= 4 is 0 Å². The Morgan fingerprint density at radius 3 is 2.94 bits per heavy atom. The molecule has 1 aromatic rings. The van der Waals surface area contributed by atoms with Crippen molar-refractivity contribution in [3.8, 4) is 11.5 Å². The Morgan fingerprint density at radius 1 is 1.38 bits per heavy atom. The lowest BCUT2D eigenvalue weighted by Gasteiger charge is -2.22. The molecule has 0 radical (unpaired) electrons. The summed E-state index contributed by atoms with van der Waals surface area (Å²) in [5, 5.41) is 8.75. The number of methoxy groups -OCH3 is 1. The molecule has 1 aliphatic heterocycles. The van der Waals surface area contributed by atoms with Crippen LogP contribution in [0, 0.1) is 0 Å². The first-order valence-electron chi connectivity index (χ1n) is 5.13. The fourth-order valence-corrected chi connectivity index (χ4v) is 1.77. The Kier molecular flexibility index (Phi) is 3.61. The average molecular weight is 225 g/mol. The van der Waals surface area contributed by atoms with Crippen molar-refractivity contribution in [2.75, 3.05) is 20.3 Å². The summed E-state index contributed by atoms with van der Waals surface area (Å²) in [6.07, 6.45) is 0. The lowest BCUT2D eigenvalue weighted by Crippen LogP contribution is -2.18. The van der Waals surface area contributed by atoms with E-state index < -0.39 is 0 Å². The SMILES string of the molecule is COCc1c(CNO)ccc2c1OCCO2. The number of fused-ring (bicyclic) bond motifs is 1. The molecule has 0 aliphatic carbocycles. The van der Waals surface area contributed by atoms with E-state index in [1.54, 1.807) is 7.11 Å². The second kappa shape index (κ2) is 5.16. The van der Waals surface area contributed by atoms with Crippen LogP contribution in [-0.4, -0.2) is 25.5 Å². The van der Waals surface area contributed by atoms with E-state index in [9.17, 15) is 0 Å². The second-order valence-electron chi connectivity index (χ2n) is 3.50. The Bertz CT molecular complexity index is 367. The molecule has 1 heterocycles. The quantitative estimate of drug-likeness (QED) is 0.751. The Morgan fingerprint density at radius 2 is 2.19 bits per heavy atom. The lowest BCUT2D eigenvalue weighted by molar-refractivity contribution is 0.146. The Hall–Kier alpha value is -1.30. The number of hydrogen-bond donors (Lipinski definition) is 2. The largest absolute Gasteiger partial charge is 0.486 e. The monoisotopic (exact) mass is 225 g/mol. The number of ether oxygens (including phenoxy) is 3. The number of rotatable bonds is 4. The predicted octanol–water partition coefficient (Wildman–Crippen LogP) is 1.08. The van der Waals surface area contributed by atoms with Gasteiger partial charge in [-0.15, -0.1) is 0 Å². The maximum absolute atomic E-state index is 8.75. The summed E-state index contributed by atoms with van der Waals surface area (Å²) >= 11 is 0. The molecule has 0 fully saturated rings. The number of nitrogens with one attached hydrogen (secondary N) is 1. The van der Waals surface area contributed by atoms with Gasteiger partial charge in [0, 0.05) is 19.2 Å². The average Bonchev–Trinajstić information content (AvgIpc) is 2.32. The molecule has 16 heavy (non-hydrogen) atoms. The predicted molar refractivity (Wildman–Crippen MR) is 56.8 cm³/mol. The van der Waals surface area contributed by atoms with Crippen molar-refractivity contribution in [1.82, 2.24) is 5.48 Å². The molecule has 2 N–H and O–H groups in total. The van der Waals surface area contributed by atoms with Crippen LogP contribution in [0.1, 0.15) is 11.1 Å². The van der Waals surface area contributed by atoms with E-state index in [1.807, 2.05) is 12.1 Å². The molecule has 1 aliphatic rings. The summed E-state index contributed by atoms with van der Waals surface area (Å²) in [7, 11) is 1.62. The minimum Gasteiger partial charge on any atom is -0.486 e. The van der Waals surface area contributed by atoms with Crippen molar-refractivity contribution < 1.29 is 19.4 Å². The number of hydroxylamine groups is 1. The molecule has 5 heteroatoms. The van der Waals surface area contributed by atoms with Gasteiger partial charge in [-0.1, -0.05) is 6.07 Å². The topological polar surface area (TPSA) is 60.0 Å². The third-order valence-corrected chi connectivity index (χ3v) is 2.47. The molecule has 0 unspecified atom stereocenters. The van der Waals surface area contributed by atoms with E-state index in [2.05, 4.69) is 5.48 Å². The third-order valence-electron chi connectivity index (χ3n) is 2.47. The van der Waals surface area contributed by atoms with Gasteiger partial charge < -0.3 is 19.4 Å². The van der Waals surface area contributed by atoms with Crippen molar-refractivity contribution in [3.05, 3.63) is 23.3 Å². The molecule has 1 aromatic carbocycles. The summed E-state index contributed by atoms with van der Waals surface area (Å²) in [5.74, 6) is 1.46. The van der Waals surface area contributed by atoms with Crippen LogP contribution >= 0.6 is 0 Å². The molecular weight excluding hydrogens is 210 g/mol. The van der Waals surface area contributed by atoms with Crippen molar-refractivity contribution in [3.63, 3.8) is 0 Å². The molecular formula is C11H15NO4. The minimum atomic E-state index is 0.356. The number of hydrogen-bond acceptors (Lipinski definition) is 5. The van der Waals surface area contributed by atoms with Crippen LogP contribution in [0.5, 0.6) is 11.5 Å². The summed E-state index contributed by atoms with van der Waals surface area (Å²) in [6, 6.07) is 3.74. The van der Waals surface area contributed by atoms with Gasteiger partial charge in [0.2, 0.25) is 0 Å². The summed E-state index contributed by atoms with van der Waals surface area (Å²) in [6.45, 7) is 1.90. The van der Waals surface area contributed by atoms with E-state index in [-0.39, 0.29) is 0 Å². The Balaban J connectivity index is 2.39. The number of benzene rings is 1. The van der Waals surface area contributed by atoms with Crippen LogP contribution in [0.3, 0.4) is 0 Å². The molecule has 0 saturated carbocycles. The molecule has 2 rings (SSSR count). The fourth-order valence-electron chi connectivity index (χ4n) is 1.77. The molecule has 88 valence electrons. The highest BCUT2D eigenvalue weighted by molar-refractivity contribution is 5.51. The molecule has 0 amide bonds. The highest BCUT2D eigenvalue weighted by Crippen LogP contribution is 2.36. The zero-order chi connectivity index (χ0) is 11.4. The van der Waals surface area contributed by atoms with Gasteiger partial charge in [0.1, 0.15) is 13.2 Å². The van der Waals surface area contributed by atoms with E-state index in [0.717, 1.165) is 22.6 Å². The van der Waals surface area contributed by atoms with Crippen LogP contribution in [0.15, 0.2) is 12.1 Å². The molecule has 0 atom stereocenters. The smallest absolute Gasteiger partial charge is 0.167 e. The van der Waals surface area contributed by atoms with E-state index in [1.165, 1.54) is 0 Å². The molecule has 0 bridgehead atoms. The first-order chi connectivity index (χ1) is 7.86. The zero-order valence-electron chi connectivity index (χ0n) is 9.16. The molecule has 0 spiro atoms. The van der Waals surface area contributed by atoms with Crippen LogP contribution in [0.2, 0.25) is 0 Å².